The number of ether oxygens (including phenoxy) is 2. The lowest BCUT2D eigenvalue weighted by Gasteiger charge is -2.32. The number of aryl methyl sites for hydroxylation is 2. The van der Waals surface area contributed by atoms with Crippen molar-refractivity contribution < 1.29 is 53.6 Å². The Morgan fingerprint density at radius 3 is 1.04 bits per heavy atom. The lowest BCUT2D eigenvalue weighted by atomic mass is 10.2. The molecule has 3 amide bonds. The van der Waals surface area contributed by atoms with Crippen LogP contribution in [0.2, 0.25) is 0 Å². The molecule has 6 N–H and O–H groups in total. The largest absolute Gasteiger partial charge is 0.480 e. The molecule has 0 spiro atoms. The summed E-state index contributed by atoms with van der Waals surface area (Å²) in [7, 11) is 0. The minimum Gasteiger partial charge on any atom is -0.480 e. The fourth-order valence-corrected chi connectivity index (χ4v) is 9.36. The molecule has 40 nitrogen and oxygen atoms in total. The number of hydrogen-bond acceptors (Lipinski definition) is 34. The third-order valence-electron chi connectivity index (χ3n) is 14.6. The van der Waals surface area contributed by atoms with E-state index in [2.05, 4.69) is 127 Å². The van der Waals surface area contributed by atoms with E-state index in [0.717, 1.165) is 11.1 Å². The van der Waals surface area contributed by atoms with E-state index in [-0.39, 0.29) is 134 Å². The maximum absolute atomic E-state index is 12.8. The summed E-state index contributed by atoms with van der Waals surface area (Å²) in [5.41, 5.74) is 4.40. The lowest BCUT2D eigenvalue weighted by Crippen LogP contribution is -2.50. The minimum atomic E-state index is -1.03. The lowest BCUT2D eigenvalue weighted by molar-refractivity contribution is -0.140. The zero-order chi connectivity index (χ0) is 75.6. The number of carbonyl (C=O) groups excluding carboxylic acids is 3. The Kier molecular flexibility index (Phi) is 33.4. The van der Waals surface area contributed by atoms with Crippen LogP contribution in [0.5, 0.6) is 0 Å². The summed E-state index contributed by atoms with van der Waals surface area (Å²) in [6.07, 6.45) is 13.8. The first kappa shape index (κ1) is 79.9. The standard InChI is InChI=1S/C39H55N13O11.2C12H8N6.C4H6N4/c53-32(5-3-6-33(54)44-29-7-8-31(43-24-29)39-47-45-38(46-48-39)30-4-1-2-9-40-30)41-10-20-62-22-23-63-21-11-42-34(55)25-49-12-14-50(26-35(56)57)16-18-52(28-37(60)61)19-17-51(15-13-49)27-36(58)59;1-5-13-6-2-9(1)11-15-17-12(18-16-11)10-3-7-14-8-4-10;1-3-7-13-9(5-1)11-15-17-12(18-16-11)10-6-2-4-8-14-10;1-3-5-7-4(2)8-6-3/h1-2,4,7-9,24H,3,5-6,10-23,25-28H2,(H,41,53)(H,42,55)(H,44,54)(H,56,57)(H,58,59)(H,60,61);2*1-8H;1-2H3. The first-order valence-corrected chi connectivity index (χ1v) is 33.4. The summed E-state index contributed by atoms with van der Waals surface area (Å²) in [5, 5.41) is 99.5. The highest BCUT2D eigenvalue weighted by Crippen LogP contribution is 2.18. The molecule has 10 aromatic rings. The molecule has 556 valence electrons. The number of pyridine rings is 6. The highest BCUT2D eigenvalue weighted by Gasteiger charge is 2.22. The molecule has 40 heteroatoms. The zero-order valence-corrected chi connectivity index (χ0v) is 58.4. The summed E-state index contributed by atoms with van der Waals surface area (Å²) in [6.45, 7) is 6.67. The summed E-state index contributed by atoms with van der Waals surface area (Å²) in [6, 6.07) is 26.8. The van der Waals surface area contributed by atoms with Gasteiger partial charge in [0.25, 0.3) is 0 Å². The van der Waals surface area contributed by atoms with Gasteiger partial charge in [-0.1, -0.05) is 18.2 Å². The van der Waals surface area contributed by atoms with Gasteiger partial charge in [-0.25, -0.2) is 0 Å². The summed E-state index contributed by atoms with van der Waals surface area (Å²) in [5.74, 6) is -0.377. The van der Waals surface area contributed by atoms with Crippen molar-refractivity contribution in [2.24, 2.45) is 0 Å². The van der Waals surface area contributed by atoms with Crippen LogP contribution >= 0.6 is 0 Å². The molecule has 0 unspecified atom stereocenters. The number of anilines is 1. The molecule has 107 heavy (non-hydrogen) atoms. The molecule has 0 saturated carbocycles. The summed E-state index contributed by atoms with van der Waals surface area (Å²) < 4.78 is 11.0. The topological polar surface area (TPSA) is 514 Å². The fraction of sp³-hybridized carbons (Fsp3) is 0.343. The third-order valence-corrected chi connectivity index (χ3v) is 14.6. The zero-order valence-electron chi connectivity index (χ0n) is 58.4. The summed E-state index contributed by atoms with van der Waals surface area (Å²) in [4.78, 5) is 103. The molecule has 0 atom stereocenters. The van der Waals surface area contributed by atoms with Gasteiger partial charge in [-0.15, -0.1) is 81.6 Å². The number of amides is 3. The number of carboxylic acids is 3. The number of carboxylic acid groups (broad SMARTS) is 3. The minimum absolute atomic E-state index is 0.000128. The Hall–Kier alpha value is -12.8. The number of hydrogen-bond donors (Lipinski definition) is 6. The first-order chi connectivity index (χ1) is 52.1. The van der Waals surface area contributed by atoms with Gasteiger partial charge in [0.05, 0.1) is 64.5 Å². The van der Waals surface area contributed by atoms with Crippen LogP contribution in [0.15, 0.2) is 141 Å². The number of carbonyl (C=O) groups is 6. The van der Waals surface area contributed by atoms with E-state index in [1.807, 2.05) is 53.4 Å². The summed E-state index contributed by atoms with van der Waals surface area (Å²) >= 11 is 0. The highest BCUT2D eigenvalue weighted by molar-refractivity contribution is 5.91. The third kappa shape index (κ3) is 30.2. The van der Waals surface area contributed by atoms with Gasteiger partial charge in [0, 0.05) is 133 Å². The van der Waals surface area contributed by atoms with Gasteiger partial charge in [0.2, 0.25) is 52.7 Å². The van der Waals surface area contributed by atoms with Crippen molar-refractivity contribution >= 4 is 41.3 Å². The van der Waals surface area contributed by atoms with Crippen molar-refractivity contribution in [1.29, 1.82) is 0 Å². The molecule has 1 fully saturated rings. The Morgan fingerprint density at radius 1 is 0.364 bits per heavy atom. The molecule has 11 rings (SSSR count). The Labute approximate surface area is 611 Å². The molecule has 0 bridgehead atoms. The molecule has 0 aromatic carbocycles. The van der Waals surface area contributed by atoms with E-state index < -0.39 is 17.9 Å². The van der Waals surface area contributed by atoms with Gasteiger partial charge in [-0.05, 0) is 93.1 Å². The predicted molar refractivity (Wildman–Crippen MR) is 378 cm³/mol. The molecular weight excluding hydrogens is 1390 g/mol. The Balaban J connectivity index is 0.000000257. The van der Waals surface area contributed by atoms with Crippen LogP contribution in [0, 0.1) is 13.8 Å². The van der Waals surface area contributed by atoms with Crippen molar-refractivity contribution in [2.75, 3.05) is 123 Å². The molecule has 1 aliphatic rings. The number of aliphatic carboxylic acids is 3. The normalized spacial score (nSPS) is 12.8. The van der Waals surface area contributed by atoms with Crippen LogP contribution in [0.4, 0.5) is 5.69 Å². The van der Waals surface area contributed by atoms with Gasteiger partial charge in [0.1, 0.15) is 22.8 Å². The molecule has 0 radical (unpaired) electrons. The Morgan fingerprint density at radius 2 is 0.701 bits per heavy atom. The number of rotatable bonds is 28. The average molecular weight is 1460 g/mol. The molecule has 0 aliphatic carbocycles. The van der Waals surface area contributed by atoms with Crippen LogP contribution in [0.3, 0.4) is 0 Å². The van der Waals surface area contributed by atoms with Gasteiger partial charge >= 0.3 is 17.9 Å². The Bertz CT molecular complexity index is 4000. The van der Waals surface area contributed by atoms with E-state index >= 15 is 0 Å². The van der Waals surface area contributed by atoms with Crippen LogP contribution in [-0.2, 0) is 38.2 Å². The maximum atomic E-state index is 12.8. The van der Waals surface area contributed by atoms with Crippen LogP contribution in [0.1, 0.15) is 30.9 Å². The predicted octanol–water partition coefficient (Wildman–Crippen LogP) is 0.905. The van der Waals surface area contributed by atoms with Gasteiger partial charge < -0.3 is 40.7 Å². The maximum Gasteiger partial charge on any atom is 0.317 e. The quantitative estimate of drug-likeness (QED) is 0.0371. The van der Waals surface area contributed by atoms with Crippen molar-refractivity contribution in [2.45, 2.75) is 33.1 Å². The second-order valence-corrected chi connectivity index (χ2v) is 22.8. The van der Waals surface area contributed by atoms with E-state index in [1.165, 1.54) is 6.20 Å². The van der Waals surface area contributed by atoms with E-state index in [4.69, 9.17) is 9.47 Å². The van der Waals surface area contributed by atoms with E-state index in [0.29, 0.717) is 96.0 Å². The molecule has 1 saturated heterocycles. The second kappa shape index (κ2) is 44.7. The van der Waals surface area contributed by atoms with Gasteiger partial charge in [0.15, 0.2) is 11.6 Å². The number of nitrogens with zero attached hydrogens (tertiary/aromatic N) is 26. The molecule has 10 aromatic heterocycles. The smallest absolute Gasteiger partial charge is 0.317 e. The van der Waals surface area contributed by atoms with Gasteiger partial charge in [-0.3, -0.25) is 78.3 Å². The number of aromatic nitrogens is 22. The van der Waals surface area contributed by atoms with Crippen molar-refractivity contribution in [3.05, 3.63) is 152 Å². The first-order valence-electron chi connectivity index (χ1n) is 33.4. The van der Waals surface area contributed by atoms with E-state index in [1.54, 1.807) is 114 Å². The molecule has 11 heterocycles. The van der Waals surface area contributed by atoms with Gasteiger partial charge in [-0.2, -0.15) is 0 Å². The fourth-order valence-electron chi connectivity index (χ4n) is 9.36. The van der Waals surface area contributed by atoms with Crippen LogP contribution in [0.25, 0.3) is 68.8 Å². The SMILES string of the molecule is Cc1nnc(C)nn1.O=C(O)CN1CCN(CC(=O)O)CCN(CC(=O)NCCOCCOCCNC(=O)CCCC(=O)Nc2ccc(-c3nnc(-c4ccccn4)nn3)nc2)CCN(CC(=O)O)CC1.c1cc(-c2nnc(-c3ccncc3)nn2)ccn1.c1ccc(-c2nnc(-c3ccccn3)nn2)nc1. The van der Waals surface area contributed by atoms with Crippen LogP contribution in [-0.4, -0.2) is 300 Å². The number of nitrogens with one attached hydrogen (secondary N) is 3. The van der Waals surface area contributed by atoms with Crippen molar-refractivity contribution in [1.82, 2.24) is 142 Å². The van der Waals surface area contributed by atoms with Crippen LogP contribution < -0.4 is 16.0 Å². The second-order valence-electron chi connectivity index (χ2n) is 22.8. The van der Waals surface area contributed by atoms with E-state index in [9.17, 15) is 44.1 Å². The highest BCUT2D eigenvalue weighted by atomic mass is 16.5. The van der Waals surface area contributed by atoms with Crippen molar-refractivity contribution in [3.63, 3.8) is 0 Å². The monoisotopic (exact) mass is 1460 g/mol. The average Bonchev–Trinajstić information content (AvgIpc) is 0.845. The molecular formula is C67H77N29O11. The van der Waals surface area contributed by atoms with Crippen molar-refractivity contribution in [3.8, 4) is 68.8 Å². The molecule has 1 aliphatic heterocycles.